The van der Waals surface area contributed by atoms with E-state index in [9.17, 15) is 9.59 Å². The quantitative estimate of drug-likeness (QED) is 0.869. The Morgan fingerprint density at radius 1 is 1.50 bits per heavy atom. The van der Waals surface area contributed by atoms with E-state index >= 15 is 0 Å². The monoisotopic (exact) mass is 241 g/mol. The Kier molecular flexibility index (Phi) is 4.06. The van der Waals surface area contributed by atoms with Gasteiger partial charge in [0.1, 0.15) is 6.04 Å². The van der Waals surface area contributed by atoms with Crippen molar-refractivity contribution in [2.75, 3.05) is 7.05 Å². The predicted octanol–water partition coefficient (Wildman–Crippen LogP) is 1.53. The van der Waals surface area contributed by atoms with Gasteiger partial charge in [0.25, 0.3) is 0 Å². The van der Waals surface area contributed by atoms with E-state index in [1.165, 1.54) is 18.9 Å². The third kappa shape index (κ3) is 3.06. The highest BCUT2D eigenvalue weighted by atomic mass is 32.1. The molecule has 1 N–H and O–H groups in total. The lowest BCUT2D eigenvalue weighted by molar-refractivity contribution is -0.147. The molecule has 1 atom stereocenters. The van der Waals surface area contributed by atoms with Gasteiger partial charge in [0.2, 0.25) is 5.91 Å². The molecular formula is C11H15NO3S. The van der Waals surface area contributed by atoms with Crippen molar-refractivity contribution >= 4 is 23.2 Å². The second-order valence-corrected chi connectivity index (χ2v) is 5.08. The molecule has 4 nitrogen and oxygen atoms in total. The average molecular weight is 241 g/mol. The van der Waals surface area contributed by atoms with Crippen LogP contribution in [0.5, 0.6) is 0 Å². The second kappa shape index (κ2) is 5.12. The first-order chi connectivity index (χ1) is 7.41. The summed E-state index contributed by atoms with van der Waals surface area (Å²) in [7, 11) is 1.52. The standard InChI is InChI=1S/C11H15NO3S/c1-7-4-5-9(16-7)6-10(13)12(3)8(2)11(14)15/h4-5,8H,6H2,1-3H3,(H,14,15). The summed E-state index contributed by atoms with van der Waals surface area (Å²) in [5, 5.41) is 8.78. The summed E-state index contributed by atoms with van der Waals surface area (Å²) in [6, 6.07) is 3.07. The van der Waals surface area contributed by atoms with Gasteiger partial charge in [-0.1, -0.05) is 0 Å². The Labute approximate surface area is 98.5 Å². The summed E-state index contributed by atoms with van der Waals surface area (Å²) in [5.41, 5.74) is 0. The number of hydrogen-bond donors (Lipinski definition) is 1. The molecule has 1 heterocycles. The second-order valence-electron chi connectivity index (χ2n) is 3.71. The Hall–Kier alpha value is -1.36. The van der Waals surface area contributed by atoms with Gasteiger partial charge in [-0.25, -0.2) is 4.79 Å². The smallest absolute Gasteiger partial charge is 0.326 e. The van der Waals surface area contributed by atoms with Crippen molar-refractivity contribution in [3.8, 4) is 0 Å². The minimum atomic E-state index is -0.988. The van der Waals surface area contributed by atoms with Crippen LogP contribution in [0.4, 0.5) is 0 Å². The Morgan fingerprint density at radius 2 is 2.12 bits per heavy atom. The number of likely N-dealkylation sites (N-methyl/N-ethyl adjacent to an activating group) is 1. The minimum Gasteiger partial charge on any atom is -0.480 e. The van der Waals surface area contributed by atoms with Gasteiger partial charge in [0, 0.05) is 16.8 Å². The molecule has 1 unspecified atom stereocenters. The zero-order valence-electron chi connectivity index (χ0n) is 9.56. The van der Waals surface area contributed by atoms with Crippen LogP contribution in [0.15, 0.2) is 12.1 Å². The fraction of sp³-hybridized carbons (Fsp3) is 0.455. The van der Waals surface area contributed by atoms with Crippen LogP contribution in [0.2, 0.25) is 0 Å². The molecule has 0 saturated carbocycles. The maximum Gasteiger partial charge on any atom is 0.326 e. The van der Waals surface area contributed by atoms with Crippen LogP contribution < -0.4 is 0 Å². The Balaban J connectivity index is 2.62. The molecule has 1 rings (SSSR count). The number of hydrogen-bond acceptors (Lipinski definition) is 3. The molecule has 0 aliphatic heterocycles. The SMILES string of the molecule is Cc1ccc(CC(=O)N(C)C(C)C(=O)O)s1. The van der Waals surface area contributed by atoms with Crippen molar-refractivity contribution in [3.05, 3.63) is 21.9 Å². The molecule has 1 aromatic heterocycles. The van der Waals surface area contributed by atoms with Gasteiger partial charge in [-0.15, -0.1) is 11.3 Å². The number of carboxylic acid groups (broad SMARTS) is 1. The fourth-order valence-corrected chi connectivity index (χ4v) is 2.12. The zero-order chi connectivity index (χ0) is 12.3. The van der Waals surface area contributed by atoms with Crippen LogP contribution in [0.3, 0.4) is 0 Å². The van der Waals surface area contributed by atoms with Crippen molar-refractivity contribution in [2.45, 2.75) is 26.3 Å². The molecule has 5 heteroatoms. The number of carboxylic acids is 1. The van der Waals surface area contributed by atoms with E-state index in [0.29, 0.717) is 0 Å². The highest BCUT2D eigenvalue weighted by Crippen LogP contribution is 2.16. The van der Waals surface area contributed by atoms with Crippen molar-refractivity contribution in [3.63, 3.8) is 0 Å². The van der Waals surface area contributed by atoms with E-state index in [2.05, 4.69) is 0 Å². The molecule has 0 bridgehead atoms. The summed E-state index contributed by atoms with van der Waals surface area (Å²) < 4.78 is 0. The molecule has 16 heavy (non-hydrogen) atoms. The Morgan fingerprint density at radius 3 is 2.56 bits per heavy atom. The molecule has 0 fully saturated rings. The number of nitrogens with zero attached hydrogens (tertiary/aromatic N) is 1. The van der Waals surface area contributed by atoms with Gasteiger partial charge in [-0.3, -0.25) is 4.79 Å². The highest BCUT2D eigenvalue weighted by molar-refractivity contribution is 7.12. The van der Waals surface area contributed by atoms with Crippen LogP contribution in [-0.4, -0.2) is 35.0 Å². The topological polar surface area (TPSA) is 57.6 Å². The van der Waals surface area contributed by atoms with Crippen molar-refractivity contribution in [1.82, 2.24) is 4.90 Å². The average Bonchev–Trinajstić information content (AvgIpc) is 2.61. The van der Waals surface area contributed by atoms with Crippen molar-refractivity contribution in [1.29, 1.82) is 0 Å². The van der Waals surface area contributed by atoms with Gasteiger partial charge in [0.15, 0.2) is 0 Å². The molecular weight excluding hydrogens is 226 g/mol. The summed E-state index contributed by atoms with van der Waals surface area (Å²) in [4.78, 5) is 25.8. The van der Waals surface area contributed by atoms with Gasteiger partial charge in [-0.2, -0.15) is 0 Å². The van der Waals surface area contributed by atoms with E-state index in [1.54, 1.807) is 11.3 Å². The normalized spacial score (nSPS) is 12.2. The Bertz CT molecular complexity index is 400. The van der Waals surface area contributed by atoms with Crippen molar-refractivity contribution < 1.29 is 14.7 Å². The third-order valence-electron chi connectivity index (χ3n) is 2.45. The maximum absolute atomic E-state index is 11.7. The largest absolute Gasteiger partial charge is 0.480 e. The molecule has 1 amide bonds. The number of amides is 1. The molecule has 0 radical (unpaired) electrons. The molecule has 1 aromatic rings. The number of carbonyl (C=O) groups excluding carboxylic acids is 1. The minimum absolute atomic E-state index is 0.170. The fourth-order valence-electron chi connectivity index (χ4n) is 1.24. The first-order valence-electron chi connectivity index (χ1n) is 4.95. The van der Waals surface area contributed by atoms with E-state index in [4.69, 9.17) is 5.11 Å². The first kappa shape index (κ1) is 12.7. The third-order valence-corrected chi connectivity index (χ3v) is 3.45. The summed E-state index contributed by atoms with van der Waals surface area (Å²) in [5.74, 6) is -1.16. The molecule has 88 valence electrons. The van der Waals surface area contributed by atoms with E-state index in [0.717, 1.165) is 9.75 Å². The number of aliphatic carboxylic acids is 1. The molecule has 0 spiro atoms. The van der Waals surface area contributed by atoms with E-state index in [1.807, 2.05) is 19.1 Å². The predicted molar refractivity (Wildman–Crippen MR) is 62.6 cm³/mol. The number of carbonyl (C=O) groups is 2. The van der Waals surface area contributed by atoms with Gasteiger partial charge in [-0.05, 0) is 26.0 Å². The lowest BCUT2D eigenvalue weighted by atomic mass is 10.2. The summed E-state index contributed by atoms with van der Waals surface area (Å²) >= 11 is 1.56. The van der Waals surface area contributed by atoms with E-state index < -0.39 is 12.0 Å². The highest BCUT2D eigenvalue weighted by Gasteiger charge is 2.21. The van der Waals surface area contributed by atoms with Crippen molar-refractivity contribution in [2.24, 2.45) is 0 Å². The van der Waals surface area contributed by atoms with Crippen LogP contribution in [0.25, 0.3) is 0 Å². The lowest BCUT2D eigenvalue weighted by Crippen LogP contribution is -2.40. The van der Waals surface area contributed by atoms with Crippen LogP contribution >= 0.6 is 11.3 Å². The molecule has 0 aromatic carbocycles. The maximum atomic E-state index is 11.7. The van der Waals surface area contributed by atoms with Crippen LogP contribution in [-0.2, 0) is 16.0 Å². The first-order valence-corrected chi connectivity index (χ1v) is 5.77. The van der Waals surface area contributed by atoms with Gasteiger partial charge in [0.05, 0.1) is 6.42 Å². The summed E-state index contributed by atoms with van der Waals surface area (Å²) in [6.45, 7) is 3.47. The number of rotatable bonds is 4. The van der Waals surface area contributed by atoms with Gasteiger partial charge >= 0.3 is 5.97 Å². The molecule has 0 saturated heterocycles. The number of aryl methyl sites for hydroxylation is 1. The molecule has 0 aliphatic rings. The lowest BCUT2D eigenvalue weighted by Gasteiger charge is -2.21. The van der Waals surface area contributed by atoms with E-state index in [-0.39, 0.29) is 12.3 Å². The van der Waals surface area contributed by atoms with Crippen LogP contribution in [0.1, 0.15) is 16.7 Å². The molecule has 0 aliphatic carbocycles. The zero-order valence-corrected chi connectivity index (χ0v) is 10.4. The number of thiophene rings is 1. The summed E-state index contributed by atoms with van der Waals surface area (Å²) in [6.07, 6.45) is 0.270. The van der Waals surface area contributed by atoms with Gasteiger partial charge < -0.3 is 10.0 Å². The van der Waals surface area contributed by atoms with Crippen LogP contribution in [0, 0.1) is 6.92 Å².